The quantitative estimate of drug-likeness (QED) is 0.260. The summed E-state index contributed by atoms with van der Waals surface area (Å²) in [4.78, 5) is 20.8. The highest BCUT2D eigenvalue weighted by atomic mass is 16.6. The molecule has 0 aromatic heterocycles. The van der Waals surface area contributed by atoms with Crippen molar-refractivity contribution in [3.05, 3.63) is 34.4 Å². The minimum Gasteiger partial charge on any atom is -0.480 e. The molecule has 9 heteroatoms. The highest BCUT2D eigenvalue weighted by Gasteiger charge is 2.32. The molecule has 1 rings (SSSR count). The average molecular weight is 301 g/mol. The summed E-state index contributed by atoms with van der Waals surface area (Å²) in [6.45, 7) is -0.804. The molecule has 1 aromatic carbocycles. The molecule has 0 aliphatic heterocycles. The lowest BCUT2D eigenvalue weighted by Crippen LogP contribution is -2.48. The van der Waals surface area contributed by atoms with E-state index in [1.54, 1.807) is 0 Å². The van der Waals surface area contributed by atoms with E-state index in [9.17, 15) is 30.2 Å². The Labute approximate surface area is 119 Å². The molecule has 0 amide bonds. The Morgan fingerprint density at radius 3 is 2.19 bits per heavy atom. The highest BCUT2D eigenvalue weighted by Crippen LogP contribution is 2.19. The molecule has 4 unspecified atom stereocenters. The van der Waals surface area contributed by atoms with Crippen molar-refractivity contribution >= 4 is 12.0 Å². The van der Waals surface area contributed by atoms with Crippen LogP contribution < -0.4 is 4.74 Å². The van der Waals surface area contributed by atoms with E-state index in [1.807, 2.05) is 0 Å². The predicted octanol–water partition coefficient (Wildman–Crippen LogP) is -1.38. The number of aliphatic hydroxyl groups excluding tert-OH is 4. The molecule has 0 fully saturated rings. The molecule has 0 aliphatic carbocycles. The van der Waals surface area contributed by atoms with Crippen molar-refractivity contribution in [2.75, 3.05) is 6.61 Å². The molecular formula is C12H15NO8. The maximum atomic E-state index is 10.9. The zero-order valence-electron chi connectivity index (χ0n) is 10.8. The van der Waals surface area contributed by atoms with Gasteiger partial charge in [0, 0.05) is 12.1 Å². The van der Waals surface area contributed by atoms with Crippen molar-refractivity contribution in [1.82, 2.24) is 0 Å². The Balaban J connectivity index is 2.77. The molecule has 0 heterocycles. The third kappa shape index (κ3) is 4.46. The van der Waals surface area contributed by atoms with Crippen LogP contribution in [0.2, 0.25) is 0 Å². The van der Waals surface area contributed by atoms with Crippen LogP contribution in [0.1, 0.15) is 0 Å². The van der Waals surface area contributed by atoms with Crippen molar-refractivity contribution in [3.8, 4) is 5.75 Å². The number of carbonyl (C=O) groups is 1. The topological polar surface area (TPSA) is 150 Å². The van der Waals surface area contributed by atoms with E-state index < -0.39 is 35.9 Å². The summed E-state index contributed by atoms with van der Waals surface area (Å²) in [5.74, 6) is 0.0578. The number of aliphatic hydroxyl groups is 4. The van der Waals surface area contributed by atoms with Crippen LogP contribution in [-0.2, 0) is 4.79 Å². The van der Waals surface area contributed by atoms with Gasteiger partial charge in [0.2, 0.25) is 0 Å². The maximum absolute atomic E-state index is 10.9. The molecule has 4 N–H and O–H groups in total. The van der Waals surface area contributed by atoms with Gasteiger partial charge in [-0.15, -0.1) is 0 Å². The molecule has 9 nitrogen and oxygen atoms in total. The normalized spacial score (nSPS) is 16.6. The molecule has 0 spiro atoms. The van der Waals surface area contributed by atoms with Crippen molar-refractivity contribution in [3.63, 3.8) is 0 Å². The number of nitrogens with zero attached hydrogens (tertiary/aromatic N) is 1. The number of benzene rings is 1. The minimum absolute atomic E-state index is 0.0578. The van der Waals surface area contributed by atoms with Gasteiger partial charge in [-0.1, -0.05) is 0 Å². The Morgan fingerprint density at radius 1 is 1.19 bits per heavy atom. The van der Waals surface area contributed by atoms with E-state index in [0.717, 1.165) is 12.1 Å². The van der Waals surface area contributed by atoms with Gasteiger partial charge in [-0.25, -0.2) is 0 Å². The van der Waals surface area contributed by atoms with E-state index in [1.165, 1.54) is 12.1 Å². The highest BCUT2D eigenvalue weighted by molar-refractivity contribution is 5.58. The summed E-state index contributed by atoms with van der Waals surface area (Å²) in [5.41, 5.74) is -0.179. The molecule has 0 aliphatic rings. The largest absolute Gasteiger partial charge is 0.480 e. The number of nitro groups is 1. The predicted molar refractivity (Wildman–Crippen MR) is 68.7 cm³/mol. The van der Waals surface area contributed by atoms with Crippen LogP contribution >= 0.6 is 0 Å². The van der Waals surface area contributed by atoms with Crippen molar-refractivity contribution < 1.29 is 34.9 Å². The van der Waals surface area contributed by atoms with Gasteiger partial charge in [0.05, 0.1) is 11.5 Å². The SMILES string of the molecule is O=CC(Oc1ccc([N+](=O)[O-])cc1)C(O)C(O)C(O)CO. The number of hydrogen-bond acceptors (Lipinski definition) is 8. The molecule has 0 bridgehead atoms. The van der Waals surface area contributed by atoms with Crippen molar-refractivity contribution in [2.45, 2.75) is 24.4 Å². The van der Waals surface area contributed by atoms with E-state index in [-0.39, 0.29) is 17.7 Å². The van der Waals surface area contributed by atoms with Crippen LogP contribution in [0.4, 0.5) is 5.69 Å². The standard InChI is InChI=1S/C12H15NO8/c14-5-9(16)11(17)12(18)10(6-15)21-8-3-1-7(2-4-8)13(19)20/h1-4,6,9-12,14,16-18H,5H2. The third-order valence-electron chi connectivity index (χ3n) is 2.72. The first-order valence-corrected chi connectivity index (χ1v) is 5.92. The zero-order valence-corrected chi connectivity index (χ0v) is 10.8. The molecule has 0 saturated heterocycles. The lowest BCUT2D eigenvalue weighted by atomic mass is 10.0. The number of non-ortho nitro benzene ring substituents is 1. The Bertz CT molecular complexity index is 477. The summed E-state index contributed by atoms with van der Waals surface area (Å²) in [7, 11) is 0. The number of hydrogen-bond donors (Lipinski definition) is 4. The number of rotatable bonds is 8. The minimum atomic E-state index is -1.79. The van der Waals surface area contributed by atoms with Gasteiger partial charge in [0.25, 0.3) is 5.69 Å². The maximum Gasteiger partial charge on any atom is 0.269 e. The second-order valence-corrected chi connectivity index (χ2v) is 4.20. The molecule has 0 saturated carbocycles. The van der Waals surface area contributed by atoms with E-state index in [0.29, 0.717) is 0 Å². The number of aldehydes is 1. The number of nitro benzene ring substituents is 1. The molecule has 1 aromatic rings. The van der Waals surface area contributed by atoms with Gasteiger partial charge in [-0.2, -0.15) is 0 Å². The van der Waals surface area contributed by atoms with Crippen LogP contribution in [0.15, 0.2) is 24.3 Å². The fourth-order valence-corrected chi connectivity index (χ4v) is 1.51. The number of ether oxygens (including phenoxy) is 1. The number of carbonyl (C=O) groups excluding carboxylic acids is 1. The van der Waals surface area contributed by atoms with E-state index >= 15 is 0 Å². The first-order valence-electron chi connectivity index (χ1n) is 5.92. The first kappa shape index (κ1) is 17.0. The van der Waals surface area contributed by atoms with Crippen molar-refractivity contribution in [1.29, 1.82) is 0 Å². The second kappa shape index (κ2) is 7.64. The van der Waals surface area contributed by atoms with Gasteiger partial charge in [-0.3, -0.25) is 14.9 Å². The molecule has 116 valence electrons. The average Bonchev–Trinajstić information content (AvgIpc) is 2.50. The second-order valence-electron chi connectivity index (χ2n) is 4.20. The molecular weight excluding hydrogens is 286 g/mol. The van der Waals surface area contributed by atoms with E-state index in [2.05, 4.69) is 0 Å². The zero-order chi connectivity index (χ0) is 16.0. The summed E-state index contributed by atoms with van der Waals surface area (Å²) in [5, 5.41) is 47.5. The Kier molecular flexibility index (Phi) is 6.18. The Hall–Kier alpha value is -2.07. The molecule has 0 radical (unpaired) electrons. The fourth-order valence-electron chi connectivity index (χ4n) is 1.51. The van der Waals surface area contributed by atoms with Gasteiger partial charge < -0.3 is 25.2 Å². The van der Waals surface area contributed by atoms with Crippen LogP contribution in [0.3, 0.4) is 0 Å². The fraction of sp³-hybridized carbons (Fsp3) is 0.417. The summed E-state index contributed by atoms with van der Waals surface area (Å²) in [6.07, 6.45) is -6.51. The first-order chi connectivity index (χ1) is 9.90. The summed E-state index contributed by atoms with van der Waals surface area (Å²) >= 11 is 0. The molecule has 21 heavy (non-hydrogen) atoms. The smallest absolute Gasteiger partial charge is 0.269 e. The van der Waals surface area contributed by atoms with E-state index in [4.69, 9.17) is 9.84 Å². The van der Waals surface area contributed by atoms with Crippen molar-refractivity contribution in [2.24, 2.45) is 0 Å². The van der Waals surface area contributed by atoms with Crippen LogP contribution in [0.25, 0.3) is 0 Å². The van der Waals surface area contributed by atoms with Gasteiger partial charge in [0.15, 0.2) is 12.4 Å². The van der Waals surface area contributed by atoms with Crippen LogP contribution in [0, 0.1) is 10.1 Å². The van der Waals surface area contributed by atoms with Crippen LogP contribution in [0.5, 0.6) is 5.75 Å². The van der Waals surface area contributed by atoms with Gasteiger partial charge in [-0.05, 0) is 12.1 Å². The monoisotopic (exact) mass is 301 g/mol. The lowest BCUT2D eigenvalue weighted by molar-refractivity contribution is -0.384. The Morgan fingerprint density at radius 2 is 1.76 bits per heavy atom. The van der Waals surface area contributed by atoms with Crippen LogP contribution in [-0.4, -0.2) is 62.7 Å². The van der Waals surface area contributed by atoms with Gasteiger partial charge in [0.1, 0.15) is 24.1 Å². The summed E-state index contributed by atoms with van der Waals surface area (Å²) < 4.78 is 5.08. The summed E-state index contributed by atoms with van der Waals surface area (Å²) in [6, 6.07) is 4.72. The van der Waals surface area contributed by atoms with Gasteiger partial charge >= 0.3 is 0 Å². The molecule has 4 atom stereocenters. The third-order valence-corrected chi connectivity index (χ3v) is 2.72. The lowest BCUT2D eigenvalue weighted by Gasteiger charge is -2.26.